The van der Waals surface area contributed by atoms with E-state index in [-0.39, 0.29) is 0 Å². The van der Waals surface area contributed by atoms with Crippen LogP contribution in [0.25, 0.3) is 28.0 Å². The quantitative estimate of drug-likeness (QED) is 0.276. The van der Waals surface area contributed by atoms with Gasteiger partial charge in [0, 0.05) is 36.1 Å². The molecule has 0 bridgehead atoms. The van der Waals surface area contributed by atoms with Crippen molar-refractivity contribution in [2.75, 3.05) is 18.0 Å². The van der Waals surface area contributed by atoms with Crippen LogP contribution in [-0.2, 0) is 5.41 Å². The van der Waals surface area contributed by atoms with Crippen molar-refractivity contribution in [3.63, 3.8) is 0 Å². The Morgan fingerprint density at radius 2 is 1.59 bits per heavy atom. The Morgan fingerprint density at radius 3 is 2.30 bits per heavy atom. The molecule has 0 saturated carbocycles. The van der Waals surface area contributed by atoms with E-state index in [4.69, 9.17) is 28.3 Å². The molecule has 9 heteroatoms. The van der Waals surface area contributed by atoms with Gasteiger partial charge in [-0.25, -0.2) is 14.6 Å². The first kappa shape index (κ1) is 23.4. The summed E-state index contributed by atoms with van der Waals surface area (Å²) in [7, 11) is 0. The summed E-state index contributed by atoms with van der Waals surface area (Å²) < 4.78 is 1.83. The summed E-state index contributed by atoms with van der Waals surface area (Å²) in [5, 5.41) is 16.3. The third kappa shape index (κ3) is 4.08. The molecule has 37 heavy (non-hydrogen) atoms. The standard InChI is InChI=1S/C28H21Cl2N7/c29-21-7-5-19(6-8-21)26-24-25(35-37(26)23-4-2-1-3-22(23)30)27(34-18-33-24)36-15-11-28(17-31,12-16-36)20-9-13-32-14-10-20/h1-10,13-14,18H,11-12,15-16H2. The Bertz CT molecular complexity index is 1620. The maximum atomic E-state index is 10.1. The van der Waals surface area contributed by atoms with Crippen LogP contribution < -0.4 is 4.90 Å². The SMILES string of the molecule is N#CC1(c2ccncc2)CCN(c2ncnc3c(-c4ccc(Cl)cc4)n(-c4ccccc4Cl)nc23)CC1. The number of pyridine rings is 1. The van der Waals surface area contributed by atoms with Gasteiger partial charge in [0.1, 0.15) is 17.5 Å². The number of hydrogen-bond donors (Lipinski definition) is 0. The number of fused-ring (bicyclic) bond motifs is 1. The Balaban J connectivity index is 1.45. The van der Waals surface area contributed by atoms with Crippen LogP contribution in [0.3, 0.4) is 0 Å². The van der Waals surface area contributed by atoms with Gasteiger partial charge in [0.25, 0.3) is 0 Å². The number of anilines is 1. The molecule has 2 aromatic carbocycles. The van der Waals surface area contributed by atoms with E-state index in [9.17, 15) is 5.26 Å². The first-order valence-electron chi connectivity index (χ1n) is 11.9. The highest BCUT2D eigenvalue weighted by molar-refractivity contribution is 6.32. The number of nitrogens with zero attached hydrogens (tertiary/aromatic N) is 7. The average molecular weight is 526 g/mol. The van der Waals surface area contributed by atoms with Gasteiger partial charge in [0.2, 0.25) is 0 Å². The molecule has 0 aliphatic carbocycles. The maximum Gasteiger partial charge on any atom is 0.160 e. The molecule has 5 aromatic rings. The van der Waals surface area contributed by atoms with E-state index in [2.05, 4.69) is 25.9 Å². The summed E-state index contributed by atoms with van der Waals surface area (Å²) in [4.78, 5) is 15.6. The molecular formula is C28H21Cl2N7. The van der Waals surface area contributed by atoms with E-state index in [0.717, 1.165) is 33.8 Å². The van der Waals surface area contributed by atoms with Crippen molar-refractivity contribution < 1.29 is 0 Å². The van der Waals surface area contributed by atoms with Crippen LogP contribution in [0.5, 0.6) is 0 Å². The molecule has 1 fully saturated rings. The normalized spacial score (nSPS) is 15.0. The number of aromatic nitrogens is 5. The second-order valence-electron chi connectivity index (χ2n) is 9.03. The zero-order valence-corrected chi connectivity index (χ0v) is 21.2. The molecule has 0 unspecified atom stereocenters. The van der Waals surface area contributed by atoms with Crippen LogP contribution in [-0.4, -0.2) is 37.8 Å². The zero-order valence-electron chi connectivity index (χ0n) is 19.7. The fourth-order valence-electron chi connectivity index (χ4n) is 5.02. The number of nitriles is 1. The van der Waals surface area contributed by atoms with Gasteiger partial charge in [-0.15, -0.1) is 0 Å². The summed E-state index contributed by atoms with van der Waals surface area (Å²) in [6, 6.07) is 21.6. The van der Waals surface area contributed by atoms with Crippen molar-refractivity contribution in [2.45, 2.75) is 18.3 Å². The molecular weight excluding hydrogens is 505 g/mol. The number of para-hydroxylation sites is 1. The highest BCUT2D eigenvalue weighted by atomic mass is 35.5. The third-order valence-electron chi connectivity index (χ3n) is 7.00. The lowest BCUT2D eigenvalue weighted by atomic mass is 9.74. The Hall–Kier alpha value is -3.99. The molecule has 0 atom stereocenters. The van der Waals surface area contributed by atoms with Crippen molar-refractivity contribution in [3.05, 3.63) is 95.0 Å². The molecule has 1 aliphatic rings. The first-order valence-corrected chi connectivity index (χ1v) is 12.7. The van der Waals surface area contributed by atoms with Gasteiger partial charge in [0.05, 0.1) is 22.2 Å². The molecule has 0 amide bonds. The van der Waals surface area contributed by atoms with Gasteiger partial charge in [-0.1, -0.05) is 47.5 Å². The van der Waals surface area contributed by atoms with E-state index < -0.39 is 5.41 Å². The van der Waals surface area contributed by atoms with Crippen molar-refractivity contribution in [3.8, 4) is 23.0 Å². The minimum Gasteiger partial charge on any atom is -0.355 e. The largest absolute Gasteiger partial charge is 0.355 e. The van der Waals surface area contributed by atoms with Gasteiger partial charge >= 0.3 is 0 Å². The van der Waals surface area contributed by atoms with Gasteiger partial charge in [-0.05, 0) is 54.8 Å². The predicted molar refractivity (Wildman–Crippen MR) is 145 cm³/mol. The lowest BCUT2D eigenvalue weighted by molar-refractivity contribution is 0.414. The second-order valence-corrected chi connectivity index (χ2v) is 9.87. The van der Waals surface area contributed by atoms with Gasteiger partial charge in [-0.2, -0.15) is 10.4 Å². The Kier molecular flexibility index (Phi) is 5.99. The number of rotatable bonds is 4. The molecule has 0 spiro atoms. The van der Waals surface area contributed by atoms with Gasteiger partial charge in [0.15, 0.2) is 11.3 Å². The number of benzene rings is 2. The molecule has 1 aliphatic heterocycles. The average Bonchev–Trinajstić information content (AvgIpc) is 3.34. The molecule has 3 aromatic heterocycles. The smallest absolute Gasteiger partial charge is 0.160 e. The summed E-state index contributed by atoms with van der Waals surface area (Å²) in [6.45, 7) is 1.33. The monoisotopic (exact) mass is 525 g/mol. The van der Waals surface area contributed by atoms with E-state index in [1.807, 2.05) is 65.3 Å². The Labute approximate surface area is 223 Å². The summed E-state index contributed by atoms with van der Waals surface area (Å²) >= 11 is 12.8. The van der Waals surface area contributed by atoms with E-state index >= 15 is 0 Å². The lowest BCUT2D eigenvalue weighted by Gasteiger charge is -2.38. The molecule has 4 heterocycles. The zero-order chi connectivity index (χ0) is 25.4. The van der Waals surface area contributed by atoms with Gasteiger partial charge in [-0.3, -0.25) is 4.98 Å². The van der Waals surface area contributed by atoms with Crippen LogP contribution >= 0.6 is 23.2 Å². The molecule has 7 nitrogen and oxygen atoms in total. The minimum atomic E-state index is -0.545. The molecule has 0 N–H and O–H groups in total. The topological polar surface area (TPSA) is 83.5 Å². The van der Waals surface area contributed by atoms with Crippen LogP contribution in [0, 0.1) is 11.3 Å². The van der Waals surface area contributed by atoms with Crippen molar-refractivity contribution in [1.29, 1.82) is 5.26 Å². The van der Waals surface area contributed by atoms with Crippen LogP contribution in [0.4, 0.5) is 5.82 Å². The van der Waals surface area contributed by atoms with Crippen LogP contribution in [0.2, 0.25) is 10.0 Å². The summed E-state index contributed by atoms with van der Waals surface area (Å²) in [5.41, 5.74) is 4.33. The van der Waals surface area contributed by atoms with Crippen LogP contribution in [0.1, 0.15) is 18.4 Å². The van der Waals surface area contributed by atoms with E-state index in [1.165, 1.54) is 0 Å². The predicted octanol–water partition coefficient (Wildman–Crippen LogP) is 6.25. The fourth-order valence-corrected chi connectivity index (χ4v) is 5.36. The second kappa shape index (κ2) is 9.47. The number of halogens is 2. The highest BCUT2D eigenvalue weighted by Crippen LogP contribution is 2.39. The lowest BCUT2D eigenvalue weighted by Crippen LogP contribution is -2.42. The van der Waals surface area contributed by atoms with Crippen molar-refractivity contribution in [2.24, 2.45) is 0 Å². The van der Waals surface area contributed by atoms with Crippen LogP contribution in [0.15, 0.2) is 79.4 Å². The summed E-state index contributed by atoms with van der Waals surface area (Å²) in [5.74, 6) is 0.743. The first-order chi connectivity index (χ1) is 18.1. The highest BCUT2D eigenvalue weighted by Gasteiger charge is 2.37. The number of piperidine rings is 1. The molecule has 1 saturated heterocycles. The summed E-state index contributed by atoms with van der Waals surface area (Å²) in [6.07, 6.45) is 6.41. The van der Waals surface area contributed by atoms with Gasteiger partial charge < -0.3 is 4.90 Å². The maximum absolute atomic E-state index is 10.1. The minimum absolute atomic E-state index is 0.545. The Morgan fingerprint density at radius 1 is 0.865 bits per heavy atom. The molecule has 182 valence electrons. The van der Waals surface area contributed by atoms with E-state index in [0.29, 0.717) is 41.5 Å². The molecule has 0 radical (unpaired) electrons. The third-order valence-corrected chi connectivity index (χ3v) is 7.57. The molecule has 6 rings (SSSR count). The van der Waals surface area contributed by atoms with E-state index in [1.54, 1.807) is 18.7 Å². The van der Waals surface area contributed by atoms with Crippen molar-refractivity contribution >= 4 is 40.1 Å². The fraction of sp³-hybridized carbons (Fsp3) is 0.179. The number of hydrogen-bond acceptors (Lipinski definition) is 6. The van der Waals surface area contributed by atoms with Crippen molar-refractivity contribution in [1.82, 2.24) is 24.7 Å².